The Labute approximate surface area is 62.7 Å². The minimum atomic E-state index is -1.96. The highest BCUT2D eigenvalue weighted by atomic mass is 35.5. The van der Waals surface area contributed by atoms with Crippen molar-refractivity contribution >= 4 is 23.5 Å². The van der Waals surface area contributed by atoms with Gasteiger partial charge in [0.05, 0.1) is 7.11 Å². The molecule has 4 nitrogen and oxygen atoms in total. The van der Waals surface area contributed by atoms with Crippen molar-refractivity contribution in [1.82, 2.24) is 0 Å². The number of carboxylic acid groups (broad SMARTS) is 1. The molecule has 1 unspecified atom stereocenters. The third-order valence-electron chi connectivity index (χ3n) is 0.970. The van der Waals surface area contributed by atoms with E-state index in [1.54, 1.807) is 0 Å². The second-order valence-electron chi connectivity index (χ2n) is 1.80. The van der Waals surface area contributed by atoms with Crippen LogP contribution in [0.3, 0.4) is 0 Å². The van der Waals surface area contributed by atoms with Crippen LogP contribution in [-0.2, 0) is 14.3 Å². The lowest BCUT2D eigenvalue weighted by Crippen LogP contribution is -2.38. The first kappa shape index (κ1) is 9.23. The molecule has 0 aliphatic heterocycles. The summed E-state index contributed by atoms with van der Waals surface area (Å²) in [7, 11) is 1.08. The van der Waals surface area contributed by atoms with Crippen LogP contribution >= 0.6 is 11.6 Å². The molecule has 58 valence electrons. The topological polar surface area (TPSA) is 63.6 Å². The van der Waals surface area contributed by atoms with E-state index in [-0.39, 0.29) is 0 Å². The summed E-state index contributed by atoms with van der Waals surface area (Å²) < 4.78 is 4.12. The van der Waals surface area contributed by atoms with Crippen LogP contribution in [0.15, 0.2) is 0 Å². The zero-order valence-corrected chi connectivity index (χ0v) is 6.31. The number of hydrogen-bond acceptors (Lipinski definition) is 3. The van der Waals surface area contributed by atoms with Gasteiger partial charge in [-0.1, -0.05) is 11.6 Å². The summed E-state index contributed by atoms with van der Waals surface area (Å²) in [5, 5.41) is 8.31. The predicted octanol–water partition coefficient (Wildman–Crippen LogP) is 0.241. The number of carbonyl (C=O) groups excluding carboxylic acids is 1. The van der Waals surface area contributed by atoms with E-state index in [4.69, 9.17) is 16.7 Å². The van der Waals surface area contributed by atoms with Crippen molar-refractivity contribution in [3.05, 3.63) is 0 Å². The van der Waals surface area contributed by atoms with Crippen molar-refractivity contribution in [3.63, 3.8) is 0 Å². The number of halogens is 1. The fraction of sp³-hybridized carbons (Fsp3) is 0.600. The molecule has 0 aromatic rings. The Balaban J connectivity index is 4.40. The van der Waals surface area contributed by atoms with Crippen LogP contribution < -0.4 is 0 Å². The van der Waals surface area contributed by atoms with Gasteiger partial charge in [0, 0.05) is 0 Å². The molecule has 0 aliphatic carbocycles. The van der Waals surface area contributed by atoms with E-state index >= 15 is 0 Å². The molecular formula is C5H7ClO4. The quantitative estimate of drug-likeness (QED) is 0.363. The molecule has 1 N–H and O–H groups in total. The van der Waals surface area contributed by atoms with E-state index in [0.717, 1.165) is 14.0 Å². The van der Waals surface area contributed by atoms with Crippen LogP contribution in [0.25, 0.3) is 0 Å². The van der Waals surface area contributed by atoms with Gasteiger partial charge in [0.2, 0.25) is 4.87 Å². The third-order valence-corrected chi connectivity index (χ3v) is 1.29. The number of alkyl halides is 1. The minimum absolute atomic E-state index is 0.971. The minimum Gasteiger partial charge on any atom is -0.480 e. The maximum absolute atomic E-state index is 10.5. The molecule has 0 aromatic heterocycles. The second-order valence-corrected chi connectivity index (χ2v) is 2.56. The monoisotopic (exact) mass is 166 g/mol. The van der Waals surface area contributed by atoms with Gasteiger partial charge in [-0.3, -0.25) is 0 Å². The summed E-state index contributed by atoms with van der Waals surface area (Å²) in [5.74, 6) is -2.39. The summed E-state index contributed by atoms with van der Waals surface area (Å²) in [6, 6.07) is 0. The van der Waals surface area contributed by atoms with Crippen LogP contribution in [0, 0.1) is 0 Å². The summed E-state index contributed by atoms with van der Waals surface area (Å²) in [4.78, 5) is 18.8. The predicted molar refractivity (Wildman–Crippen MR) is 33.9 cm³/mol. The fourth-order valence-electron chi connectivity index (χ4n) is 0.279. The molecule has 0 bridgehead atoms. The first-order chi connectivity index (χ1) is 4.42. The van der Waals surface area contributed by atoms with E-state index in [1.165, 1.54) is 0 Å². The molecule has 5 heteroatoms. The molecule has 0 fully saturated rings. The lowest BCUT2D eigenvalue weighted by atomic mass is 10.2. The van der Waals surface area contributed by atoms with Crippen molar-refractivity contribution < 1.29 is 19.4 Å². The third kappa shape index (κ3) is 1.60. The van der Waals surface area contributed by atoms with E-state index in [2.05, 4.69) is 4.74 Å². The molecule has 10 heavy (non-hydrogen) atoms. The van der Waals surface area contributed by atoms with Crippen molar-refractivity contribution in [3.8, 4) is 0 Å². The van der Waals surface area contributed by atoms with E-state index in [1.807, 2.05) is 0 Å². The first-order valence-electron chi connectivity index (χ1n) is 2.43. The van der Waals surface area contributed by atoms with Crippen molar-refractivity contribution in [2.75, 3.05) is 7.11 Å². The Morgan fingerprint density at radius 3 is 2.10 bits per heavy atom. The largest absolute Gasteiger partial charge is 0.480 e. The number of hydrogen-bond donors (Lipinski definition) is 1. The number of methoxy groups -OCH3 is 1. The van der Waals surface area contributed by atoms with Crippen LogP contribution in [-0.4, -0.2) is 29.0 Å². The average molecular weight is 167 g/mol. The zero-order chi connectivity index (χ0) is 8.36. The highest BCUT2D eigenvalue weighted by molar-refractivity contribution is 6.44. The van der Waals surface area contributed by atoms with E-state index in [0.29, 0.717) is 0 Å². The van der Waals surface area contributed by atoms with Crippen molar-refractivity contribution in [2.45, 2.75) is 11.8 Å². The van der Waals surface area contributed by atoms with Gasteiger partial charge in [0.1, 0.15) is 0 Å². The Bertz CT molecular complexity index is 163. The van der Waals surface area contributed by atoms with Gasteiger partial charge in [-0.2, -0.15) is 0 Å². The van der Waals surface area contributed by atoms with E-state index < -0.39 is 16.8 Å². The molecule has 1 atom stereocenters. The Morgan fingerprint density at radius 2 is 2.00 bits per heavy atom. The lowest BCUT2D eigenvalue weighted by Gasteiger charge is -2.11. The molecule has 0 saturated heterocycles. The van der Waals surface area contributed by atoms with E-state index in [9.17, 15) is 9.59 Å². The number of rotatable bonds is 2. The molecule has 0 amide bonds. The van der Waals surface area contributed by atoms with Gasteiger partial charge in [-0.05, 0) is 6.92 Å². The summed E-state index contributed by atoms with van der Waals surface area (Å²) in [6.07, 6.45) is 0. The average Bonchev–Trinajstić information content (AvgIpc) is 1.86. The van der Waals surface area contributed by atoms with Crippen molar-refractivity contribution in [2.24, 2.45) is 0 Å². The molecule has 0 rings (SSSR count). The van der Waals surface area contributed by atoms with Crippen LogP contribution in [0.5, 0.6) is 0 Å². The van der Waals surface area contributed by atoms with Gasteiger partial charge < -0.3 is 9.84 Å². The number of carbonyl (C=O) groups is 2. The Kier molecular flexibility index (Phi) is 2.65. The summed E-state index contributed by atoms with van der Waals surface area (Å²) in [6.45, 7) is 1.06. The molecule has 0 radical (unpaired) electrons. The summed E-state index contributed by atoms with van der Waals surface area (Å²) >= 11 is 5.25. The molecule has 0 saturated carbocycles. The van der Waals surface area contributed by atoms with Gasteiger partial charge in [0.15, 0.2) is 0 Å². The van der Waals surface area contributed by atoms with Crippen LogP contribution in [0.4, 0.5) is 0 Å². The van der Waals surface area contributed by atoms with Gasteiger partial charge in [-0.15, -0.1) is 0 Å². The van der Waals surface area contributed by atoms with Gasteiger partial charge in [-0.25, -0.2) is 9.59 Å². The first-order valence-corrected chi connectivity index (χ1v) is 2.81. The standard InChI is InChI=1S/C5H7ClO4/c1-5(6,3(7)8)4(9)10-2/h1-2H3,(H,7,8). The molecule has 0 aliphatic rings. The zero-order valence-electron chi connectivity index (χ0n) is 5.55. The van der Waals surface area contributed by atoms with Crippen LogP contribution in [0.1, 0.15) is 6.92 Å². The van der Waals surface area contributed by atoms with Crippen LogP contribution in [0.2, 0.25) is 0 Å². The highest BCUT2D eigenvalue weighted by Gasteiger charge is 2.40. The molecule has 0 aromatic carbocycles. The van der Waals surface area contributed by atoms with Crippen molar-refractivity contribution in [1.29, 1.82) is 0 Å². The number of esters is 1. The molecular weight excluding hydrogens is 160 g/mol. The number of aliphatic carboxylic acids is 1. The van der Waals surface area contributed by atoms with Gasteiger partial charge >= 0.3 is 11.9 Å². The number of carboxylic acids is 1. The maximum Gasteiger partial charge on any atom is 0.338 e. The maximum atomic E-state index is 10.5. The Morgan fingerprint density at radius 1 is 1.60 bits per heavy atom. The lowest BCUT2D eigenvalue weighted by molar-refractivity contribution is -0.153. The SMILES string of the molecule is COC(=O)C(C)(Cl)C(=O)O. The Hall–Kier alpha value is -0.770. The normalized spacial score (nSPS) is 15.5. The summed E-state index contributed by atoms with van der Waals surface area (Å²) in [5.41, 5.74) is 0. The molecule has 0 heterocycles. The number of ether oxygens (including phenoxy) is 1. The smallest absolute Gasteiger partial charge is 0.338 e. The highest BCUT2D eigenvalue weighted by Crippen LogP contribution is 2.15. The van der Waals surface area contributed by atoms with Gasteiger partial charge in [0.25, 0.3) is 0 Å². The molecule has 0 spiro atoms. The second kappa shape index (κ2) is 2.88. The fourth-order valence-corrected chi connectivity index (χ4v) is 0.356.